The van der Waals surface area contributed by atoms with Gasteiger partial charge in [-0.2, -0.15) is 0 Å². The molecular weight excluding hydrogens is 514 g/mol. The SMILES string of the molecule is CCn1nnc2c(C)c(C(CC(=O)OCc3ccccc3)c3ccc(C)c(CO[Si](C)(C)C(C)(C)C)c3)ccc21. The number of carbonyl (C=O) groups excluding carboxylic acids is 1. The molecule has 0 bridgehead atoms. The summed E-state index contributed by atoms with van der Waals surface area (Å²) < 4.78 is 14.2. The highest BCUT2D eigenvalue weighted by Gasteiger charge is 2.37. The molecule has 0 aliphatic rings. The van der Waals surface area contributed by atoms with Gasteiger partial charge in [0.05, 0.1) is 18.5 Å². The van der Waals surface area contributed by atoms with E-state index < -0.39 is 8.32 Å². The van der Waals surface area contributed by atoms with Gasteiger partial charge >= 0.3 is 5.97 Å². The zero-order chi connectivity index (χ0) is 29.1. The standard InChI is InChI=1S/C33H43N3O3Si/c1-9-36-30-18-17-28(24(3)32(30)34-35-36)29(20-31(37)38-21-25-13-11-10-12-14-25)26-16-15-23(2)27(19-26)22-39-40(7,8)33(4,5)6/h10-19,29H,9,20-22H2,1-8H3. The van der Waals surface area contributed by atoms with Gasteiger partial charge in [0.15, 0.2) is 8.32 Å². The zero-order valence-electron chi connectivity index (χ0n) is 25.2. The molecule has 0 saturated carbocycles. The van der Waals surface area contributed by atoms with Gasteiger partial charge in [-0.25, -0.2) is 4.68 Å². The Kier molecular flexibility index (Phi) is 8.95. The van der Waals surface area contributed by atoms with Gasteiger partial charge in [0.1, 0.15) is 12.1 Å². The molecule has 0 fully saturated rings. The molecule has 3 aromatic carbocycles. The van der Waals surface area contributed by atoms with Crippen LogP contribution in [0.1, 0.15) is 73.4 Å². The van der Waals surface area contributed by atoms with Crippen molar-refractivity contribution in [2.24, 2.45) is 0 Å². The third-order valence-corrected chi connectivity index (χ3v) is 12.9. The summed E-state index contributed by atoms with van der Waals surface area (Å²) in [6.07, 6.45) is 0.229. The van der Waals surface area contributed by atoms with E-state index >= 15 is 0 Å². The van der Waals surface area contributed by atoms with E-state index in [-0.39, 0.29) is 30.0 Å². The van der Waals surface area contributed by atoms with Gasteiger partial charge in [0.25, 0.3) is 0 Å². The maximum Gasteiger partial charge on any atom is 0.307 e. The number of nitrogens with zero attached hydrogens (tertiary/aromatic N) is 3. The molecule has 212 valence electrons. The molecular formula is C33H43N3O3Si. The summed E-state index contributed by atoms with van der Waals surface area (Å²) in [7, 11) is -1.92. The Hall–Kier alpha value is -3.29. The Morgan fingerprint density at radius 2 is 1.73 bits per heavy atom. The van der Waals surface area contributed by atoms with Crippen molar-refractivity contribution in [2.45, 2.75) is 91.8 Å². The minimum absolute atomic E-state index is 0.131. The number of rotatable bonds is 10. The smallest absolute Gasteiger partial charge is 0.307 e. The van der Waals surface area contributed by atoms with E-state index in [0.29, 0.717) is 6.61 Å². The molecule has 6 nitrogen and oxygen atoms in total. The summed E-state index contributed by atoms with van der Waals surface area (Å²) in [5.74, 6) is -0.420. The van der Waals surface area contributed by atoms with Gasteiger partial charge in [-0.1, -0.05) is 80.6 Å². The van der Waals surface area contributed by atoms with Crippen molar-refractivity contribution >= 4 is 25.3 Å². The molecule has 1 unspecified atom stereocenters. The summed E-state index contributed by atoms with van der Waals surface area (Å²) in [4.78, 5) is 13.2. The van der Waals surface area contributed by atoms with Crippen LogP contribution in [-0.4, -0.2) is 29.3 Å². The van der Waals surface area contributed by atoms with Crippen LogP contribution in [0.25, 0.3) is 11.0 Å². The van der Waals surface area contributed by atoms with Crippen LogP contribution in [0.3, 0.4) is 0 Å². The third kappa shape index (κ3) is 6.53. The topological polar surface area (TPSA) is 66.2 Å². The molecule has 0 saturated heterocycles. The lowest BCUT2D eigenvalue weighted by molar-refractivity contribution is -0.145. The predicted octanol–water partition coefficient (Wildman–Crippen LogP) is 7.86. The minimum Gasteiger partial charge on any atom is -0.461 e. The lowest BCUT2D eigenvalue weighted by atomic mass is 9.84. The van der Waals surface area contributed by atoms with Crippen LogP contribution < -0.4 is 0 Å². The van der Waals surface area contributed by atoms with E-state index in [1.807, 2.05) is 35.0 Å². The van der Waals surface area contributed by atoms with Gasteiger partial charge in [0, 0.05) is 12.5 Å². The van der Waals surface area contributed by atoms with Crippen molar-refractivity contribution in [1.29, 1.82) is 0 Å². The molecule has 0 amide bonds. The first-order valence-corrected chi connectivity index (χ1v) is 17.1. The second-order valence-corrected chi connectivity index (χ2v) is 17.0. The van der Waals surface area contributed by atoms with Crippen LogP contribution in [0.2, 0.25) is 18.1 Å². The number of hydrogen-bond donors (Lipinski definition) is 0. The quantitative estimate of drug-likeness (QED) is 0.147. The monoisotopic (exact) mass is 557 g/mol. The second kappa shape index (κ2) is 12.1. The van der Waals surface area contributed by atoms with Crippen LogP contribution in [-0.2, 0) is 33.7 Å². The Morgan fingerprint density at radius 1 is 1.00 bits per heavy atom. The zero-order valence-corrected chi connectivity index (χ0v) is 26.2. The Labute approximate surface area is 239 Å². The van der Waals surface area contributed by atoms with Crippen LogP contribution in [0.5, 0.6) is 0 Å². The first kappa shape index (κ1) is 29.7. The molecule has 40 heavy (non-hydrogen) atoms. The Balaban J connectivity index is 1.68. The van der Waals surface area contributed by atoms with Crippen LogP contribution in [0, 0.1) is 13.8 Å². The fourth-order valence-electron chi connectivity index (χ4n) is 4.70. The van der Waals surface area contributed by atoms with Crippen molar-refractivity contribution in [3.63, 3.8) is 0 Å². The van der Waals surface area contributed by atoms with Crippen molar-refractivity contribution in [1.82, 2.24) is 15.0 Å². The first-order valence-electron chi connectivity index (χ1n) is 14.2. The van der Waals surface area contributed by atoms with Crippen molar-refractivity contribution in [3.05, 3.63) is 94.0 Å². The lowest BCUT2D eigenvalue weighted by Gasteiger charge is -2.36. The number of aryl methyl sites for hydroxylation is 3. The number of esters is 1. The van der Waals surface area contributed by atoms with Crippen molar-refractivity contribution < 1.29 is 14.0 Å². The highest BCUT2D eigenvalue weighted by molar-refractivity contribution is 6.74. The van der Waals surface area contributed by atoms with Crippen molar-refractivity contribution in [2.75, 3.05) is 0 Å². The maximum absolute atomic E-state index is 13.2. The fraction of sp³-hybridized carbons (Fsp3) is 0.424. The number of carbonyl (C=O) groups is 1. The number of ether oxygens (including phenoxy) is 1. The summed E-state index contributed by atoms with van der Waals surface area (Å²) in [5.41, 5.74) is 8.36. The van der Waals surface area contributed by atoms with Gasteiger partial charge in [-0.15, -0.1) is 5.10 Å². The van der Waals surface area contributed by atoms with Crippen LogP contribution >= 0.6 is 0 Å². The molecule has 4 rings (SSSR count). The number of hydrogen-bond acceptors (Lipinski definition) is 5. The summed E-state index contributed by atoms with van der Waals surface area (Å²) in [6.45, 7) is 19.1. The molecule has 1 aromatic heterocycles. The van der Waals surface area contributed by atoms with E-state index in [1.54, 1.807) is 0 Å². The first-order chi connectivity index (χ1) is 18.9. The van der Waals surface area contributed by atoms with Gasteiger partial charge in [-0.05, 0) is 78.4 Å². The molecule has 4 aromatic rings. The van der Waals surface area contributed by atoms with E-state index in [9.17, 15) is 4.79 Å². The lowest BCUT2D eigenvalue weighted by Crippen LogP contribution is -2.40. The molecule has 0 N–H and O–H groups in total. The van der Waals surface area contributed by atoms with Gasteiger partial charge in [-0.3, -0.25) is 4.79 Å². The second-order valence-electron chi connectivity index (χ2n) is 12.2. The molecule has 0 radical (unpaired) electrons. The van der Waals surface area contributed by atoms with Gasteiger partial charge in [0.2, 0.25) is 0 Å². The Bertz CT molecular complexity index is 1470. The van der Waals surface area contributed by atoms with E-state index in [2.05, 4.69) is 95.3 Å². The molecule has 0 spiro atoms. The molecule has 7 heteroatoms. The Morgan fingerprint density at radius 3 is 2.40 bits per heavy atom. The van der Waals surface area contributed by atoms with E-state index in [4.69, 9.17) is 9.16 Å². The van der Waals surface area contributed by atoms with Gasteiger partial charge < -0.3 is 9.16 Å². The molecule has 1 atom stereocenters. The average molecular weight is 558 g/mol. The number of aromatic nitrogens is 3. The summed E-state index contributed by atoms with van der Waals surface area (Å²) in [5, 5.41) is 8.93. The number of benzene rings is 3. The fourth-order valence-corrected chi connectivity index (χ4v) is 5.65. The van der Waals surface area contributed by atoms with E-state index in [1.165, 1.54) is 5.56 Å². The average Bonchev–Trinajstić information content (AvgIpc) is 3.35. The normalized spacial score (nSPS) is 13.0. The molecule has 0 aliphatic carbocycles. The van der Waals surface area contributed by atoms with E-state index in [0.717, 1.165) is 45.4 Å². The largest absolute Gasteiger partial charge is 0.461 e. The van der Waals surface area contributed by atoms with Crippen LogP contribution in [0.4, 0.5) is 0 Å². The summed E-state index contributed by atoms with van der Waals surface area (Å²) in [6, 6.07) is 20.5. The maximum atomic E-state index is 13.2. The third-order valence-electron chi connectivity index (χ3n) is 8.44. The predicted molar refractivity (Wildman–Crippen MR) is 164 cm³/mol. The summed E-state index contributed by atoms with van der Waals surface area (Å²) >= 11 is 0. The minimum atomic E-state index is -1.92. The van der Waals surface area contributed by atoms with Crippen molar-refractivity contribution in [3.8, 4) is 0 Å². The van der Waals surface area contributed by atoms with Crippen LogP contribution in [0.15, 0.2) is 60.7 Å². The highest BCUT2D eigenvalue weighted by atomic mass is 28.4. The number of fused-ring (bicyclic) bond motifs is 1. The highest BCUT2D eigenvalue weighted by Crippen LogP contribution is 2.38. The molecule has 0 aliphatic heterocycles. The molecule has 1 heterocycles.